The molecule has 11 nitrogen and oxygen atoms in total. The summed E-state index contributed by atoms with van der Waals surface area (Å²) in [5, 5.41) is 14.0. The Bertz CT molecular complexity index is 1940. The highest BCUT2D eigenvalue weighted by Crippen LogP contribution is 2.36. The number of piperidine rings is 1. The first-order valence-corrected chi connectivity index (χ1v) is 15.2. The van der Waals surface area contributed by atoms with Gasteiger partial charge in [-0.2, -0.15) is 5.10 Å². The van der Waals surface area contributed by atoms with Crippen molar-refractivity contribution in [3.8, 4) is 22.4 Å². The zero-order valence-electron chi connectivity index (χ0n) is 26.9. The maximum atomic E-state index is 15.8. The second kappa shape index (κ2) is 12.0. The molecule has 0 bridgehead atoms. The van der Waals surface area contributed by atoms with Crippen LogP contribution in [-0.2, 0) is 18.8 Å². The van der Waals surface area contributed by atoms with Gasteiger partial charge in [0.1, 0.15) is 22.9 Å². The molecule has 2 aromatic carbocycles. The molecule has 1 aliphatic heterocycles. The molecule has 1 saturated heterocycles. The third-order valence-electron chi connectivity index (χ3n) is 8.04. The minimum atomic E-state index is -0.686. The standard InChI is InChI=1S/C34H37FN8O3/c1-21-14-24(25-17-37-40(5)18-25)15-23-11-12-36-31(30(21)23)43(26-8-7-13-42(19-26)33(45)46-34(2,3)4)32(44)27-10-9-22(16-28(27)35)29-20-41(6)39-38-29/h9-12,14-18,20,26H,7-8,13,19H2,1-6H3/t26-/m1/s1. The number of nitrogens with zero attached hydrogens (tertiary/aromatic N) is 8. The number of halogens is 1. The lowest BCUT2D eigenvalue weighted by molar-refractivity contribution is 0.0196. The molecule has 0 unspecified atom stereocenters. The van der Waals surface area contributed by atoms with E-state index in [4.69, 9.17) is 9.72 Å². The second-order valence-corrected chi connectivity index (χ2v) is 12.8. The Kier molecular flexibility index (Phi) is 8.05. The first-order valence-electron chi connectivity index (χ1n) is 15.2. The molecule has 12 heteroatoms. The third kappa shape index (κ3) is 6.19. The molecule has 3 aromatic heterocycles. The van der Waals surface area contributed by atoms with Crippen molar-refractivity contribution in [1.82, 2.24) is 34.7 Å². The van der Waals surface area contributed by atoms with Gasteiger partial charge in [-0.15, -0.1) is 5.10 Å². The number of carbonyl (C=O) groups excluding carboxylic acids is 2. The van der Waals surface area contributed by atoms with E-state index in [-0.39, 0.29) is 12.1 Å². The molecule has 1 atom stereocenters. The molecule has 0 N–H and O–H groups in total. The number of carbonyl (C=O) groups is 2. The molecular weight excluding hydrogens is 587 g/mol. The van der Waals surface area contributed by atoms with Crippen molar-refractivity contribution >= 4 is 28.6 Å². The number of anilines is 1. The van der Waals surface area contributed by atoms with Crippen LogP contribution in [0.15, 0.2) is 61.2 Å². The van der Waals surface area contributed by atoms with E-state index in [2.05, 4.69) is 15.4 Å². The maximum absolute atomic E-state index is 15.8. The number of amides is 2. The first kappa shape index (κ1) is 30.9. The maximum Gasteiger partial charge on any atom is 0.410 e. The second-order valence-electron chi connectivity index (χ2n) is 12.8. The van der Waals surface area contributed by atoms with Crippen LogP contribution in [-0.4, -0.2) is 71.4 Å². The summed E-state index contributed by atoms with van der Waals surface area (Å²) in [7, 11) is 3.60. The van der Waals surface area contributed by atoms with Crippen LogP contribution >= 0.6 is 0 Å². The number of ether oxygens (including phenoxy) is 1. The lowest BCUT2D eigenvalue weighted by Crippen LogP contribution is -2.53. The third-order valence-corrected chi connectivity index (χ3v) is 8.04. The summed E-state index contributed by atoms with van der Waals surface area (Å²) < 4.78 is 24.8. The van der Waals surface area contributed by atoms with Gasteiger partial charge in [-0.05, 0) is 81.3 Å². The Labute approximate surface area is 266 Å². The quantitative estimate of drug-likeness (QED) is 0.239. The van der Waals surface area contributed by atoms with Crippen molar-refractivity contribution in [3.05, 3.63) is 78.1 Å². The number of aromatic nitrogens is 6. The van der Waals surface area contributed by atoms with E-state index in [9.17, 15) is 9.59 Å². The molecule has 2 amide bonds. The number of aryl methyl sites for hydroxylation is 3. The average Bonchev–Trinajstić information content (AvgIpc) is 3.64. The highest BCUT2D eigenvalue weighted by molar-refractivity contribution is 6.11. The SMILES string of the molecule is Cc1cc(-c2cnn(C)c2)cc2ccnc(N(C(=O)c3ccc(-c4cn(C)nn4)cc3F)[C@@H]3CCCN(C(=O)OC(C)(C)C)C3)c12. The minimum absolute atomic E-state index is 0.106. The van der Waals surface area contributed by atoms with Crippen molar-refractivity contribution in [3.63, 3.8) is 0 Å². The molecule has 0 aliphatic carbocycles. The monoisotopic (exact) mass is 624 g/mol. The Hall–Kier alpha value is -5.13. The fourth-order valence-corrected chi connectivity index (χ4v) is 5.97. The van der Waals surface area contributed by atoms with Crippen molar-refractivity contribution < 1.29 is 18.7 Å². The lowest BCUT2D eigenvalue weighted by atomic mass is 9.97. The fourth-order valence-electron chi connectivity index (χ4n) is 5.97. The summed E-state index contributed by atoms with van der Waals surface area (Å²) >= 11 is 0. The summed E-state index contributed by atoms with van der Waals surface area (Å²) in [5.74, 6) is -0.824. The first-order chi connectivity index (χ1) is 21.9. The Morgan fingerprint density at radius 1 is 1.02 bits per heavy atom. The van der Waals surface area contributed by atoms with Crippen LogP contribution in [0.4, 0.5) is 15.0 Å². The van der Waals surface area contributed by atoms with Gasteiger partial charge in [0.05, 0.1) is 24.0 Å². The highest BCUT2D eigenvalue weighted by atomic mass is 19.1. The van der Waals surface area contributed by atoms with E-state index < -0.39 is 29.5 Å². The van der Waals surface area contributed by atoms with Crippen LogP contribution in [0.25, 0.3) is 33.2 Å². The molecule has 0 radical (unpaired) electrons. The van der Waals surface area contributed by atoms with Gasteiger partial charge in [0, 0.05) is 56.1 Å². The molecule has 1 fully saturated rings. The van der Waals surface area contributed by atoms with E-state index in [0.29, 0.717) is 36.5 Å². The largest absolute Gasteiger partial charge is 0.444 e. The van der Waals surface area contributed by atoms with Gasteiger partial charge in [-0.1, -0.05) is 17.3 Å². The normalized spacial score (nSPS) is 15.3. The van der Waals surface area contributed by atoms with Gasteiger partial charge in [0.2, 0.25) is 0 Å². The molecule has 4 heterocycles. The number of likely N-dealkylation sites (tertiary alicyclic amines) is 1. The van der Waals surface area contributed by atoms with Crippen molar-refractivity contribution in [2.45, 2.75) is 52.2 Å². The van der Waals surface area contributed by atoms with Gasteiger partial charge in [0.25, 0.3) is 5.91 Å². The number of benzene rings is 2. The van der Waals surface area contributed by atoms with E-state index >= 15 is 4.39 Å². The zero-order valence-corrected chi connectivity index (χ0v) is 26.9. The molecule has 6 rings (SSSR count). The van der Waals surface area contributed by atoms with Crippen LogP contribution in [0.2, 0.25) is 0 Å². The predicted octanol–water partition coefficient (Wildman–Crippen LogP) is 5.92. The van der Waals surface area contributed by atoms with Gasteiger partial charge in [-0.25, -0.2) is 14.2 Å². The number of fused-ring (bicyclic) bond motifs is 1. The molecule has 0 spiro atoms. The number of hydrogen-bond acceptors (Lipinski definition) is 7. The highest BCUT2D eigenvalue weighted by Gasteiger charge is 2.36. The predicted molar refractivity (Wildman–Crippen MR) is 173 cm³/mol. The van der Waals surface area contributed by atoms with Gasteiger partial charge in [0.15, 0.2) is 0 Å². The van der Waals surface area contributed by atoms with Crippen LogP contribution in [0, 0.1) is 12.7 Å². The Morgan fingerprint density at radius 3 is 2.50 bits per heavy atom. The van der Waals surface area contributed by atoms with Crippen molar-refractivity contribution in [2.24, 2.45) is 14.1 Å². The summed E-state index contributed by atoms with van der Waals surface area (Å²) in [5.41, 5.74) is 3.06. The number of pyridine rings is 1. The smallest absolute Gasteiger partial charge is 0.410 e. The lowest BCUT2D eigenvalue weighted by Gasteiger charge is -2.39. The minimum Gasteiger partial charge on any atom is -0.444 e. The molecule has 5 aromatic rings. The fraction of sp³-hybridized carbons (Fsp3) is 0.353. The van der Waals surface area contributed by atoms with Crippen molar-refractivity contribution in [2.75, 3.05) is 18.0 Å². The van der Waals surface area contributed by atoms with Crippen LogP contribution in [0.3, 0.4) is 0 Å². The molecule has 238 valence electrons. The summed E-state index contributed by atoms with van der Waals surface area (Å²) in [6.45, 7) is 8.13. The summed E-state index contributed by atoms with van der Waals surface area (Å²) in [6, 6.07) is 9.93. The Balaban J connectivity index is 1.45. The molecule has 1 aliphatic rings. The molecule has 0 saturated carbocycles. The van der Waals surface area contributed by atoms with E-state index in [1.165, 1.54) is 16.8 Å². The van der Waals surface area contributed by atoms with Crippen LogP contribution < -0.4 is 4.90 Å². The van der Waals surface area contributed by atoms with Gasteiger partial charge < -0.3 is 9.64 Å². The summed E-state index contributed by atoms with van der Waals surface area (Å²) in [6.07, 6.45) is 7.86. The topological polar surface area (TPSA) is 111 Å². The van der Waals surface area contributed by atoms with Crippen LogP contribution in [0.5, 0.6) is 0 Å². The molecular formula is C34H37FN8O3. The van der Waals surface area contributed by atoms with Gasteiger partial charge >= 0.3 is 6.09 Å². The number of rotatable bonds is 5. The Morgan fingerprint density at radius 2 is 1.83 bits per heavy atom. The van der Waals surface area contributed by atoms with Gasteiger partial charge in [-0.3, -0.25) is 19.1 Å². The van der Waals surface area contributed by atoms with E-state index in [0.717, 1.165) is 27.5 Å². The zero-order chi connectivity index (χ0) is 32.7. The van der Waals surface area contributed by atoms with E-state index in [1.807, 2.05) is 59.1 Å². The number of hydrogen-bond donors (Lipinski definition) is 0. The van der Waals surface area contributed by atoms with Crippen LogP contribution in [0.1, 0.15) is 49.5 Å². The molecule has 46 heavy (non-hydrogen) atoms. The summed E-state index contributed by atoms with van der Waals surface area (Å²) in [4.78, 5) is 35.6. The van der Waals surface area contributed by atoms with Crippen molar-refractivity contribution in [1.29, 1.82) is 0 Å². The van der Waals surface area contributed by atoms with E-state index in [1.54, 1.807) is 46.2 Å². The average molecular weight is 625 g/mol.